The predicted molar refractivity (Wildman–Crippen MR) is 75.6 cm³/mol. The standard InChI is InChI=1S/C14H25N3O3/c1-17-7-3-6-12(9-17)16-14(20)15-11-5-2-4-10(8-11)13(18)19/h10-12H,2-9H2,1H3,(H,18,19)(H2,15,16,20). The number of nitrogens with one attached hydrogen (secondary N) is 2. The van der Waals surface area contributed by atoms with Crippen LogP contribution in [0.2, 0.25) is 0 Å². The number of carboxylic acid groups (broad SMARTS) is 1. The Labute approximate surface area is 119 Å². The summed E-state index contributed by atoms with van der Waals surface area (Å²) in [5.41, 5.74) is 0. The highest BCUT2D eigenvalue weighted by Gasteiger charge is 2.28. The average Bonchev–Trinajstić information content (AvgIpc) is 2.38. The lowest BCUT2D eigenvalue weighted by molar-refractivity contribution is -0.143. The number of piperidine rings is 1. The van der Waals surface area contributed by atoms with Gasteiger partial charge in [-0.2, -0.15) is 0 Å². The van der Waals surface area contributed by atoms with Crippen molar-refractivity contribution in [2.24, 2.45) is 5.92 Å². The highest BCUT2D eigenvalue weighted by atomic mass is 16.4. The van der Waals surface area contributed by atoms with Crippen LogP contribution in [-0.2, 0) is 4.79 Å². The van der Waals surface area contributed by atoms with Crippen molar-refractivity contribution in [3.05, 3.63) is 0 Å². The minimum Gasteiger partial charge on any atom is -0.481 e. The Morgan fingerprint density at radius 2 is 1.80 bits per heavy atom. The zero-order valence-corrected chi connectivity index (χ0v) is 12.1. The van der Waals surface area contributed by atoms with E-state index in [-0.39, 0.29) is 24.0 Å². The van der Waals surface area contributed by atoms with E-state index in [2.05, 4.69) is 22.6 Å². The van der Waals surface area contributed by atoms with Crippen LogP contribution < -0.4 is 10.6 Å². The van der Waals surface area contributed by atoms with Gasteiger partial charge in [0.15, 0.2) is 0 Å². The predicted octanol–water partition coefficient (Wildman–Crippen LogP) is 1.02. The van der Waals surface area contributed by atoms with Gasteiger partial charge in [-0.3, -0.25) is 4.79 Å². The first-order chi connectivity index (χ1) is 9.54. The lowest BCUT2D eigenvalue weighted by Gasteiger charge is -2.32. The highest BCUT2D eigenvalue weighted by molar-refractivity contribution is 5.75. The van der Waals surface area contributed by atoms with Gasteiger partial charge in [0.2, 0.25) is 0 Å². The Bertz CT molecular complexity index is 362. The van der Waals surface area contributed by atoms with Gasteiger partial charge in [-0.1, -0.05) is 6.42 Å². The number of carboxylic acids is 1. The van der Waals surface area contributed by atoms with Crippen molar-refractivity contribution >= 4 is 12.0 Å². The fraction of sp³-hybridized carbons (Fsp3) is 0.857. The molecule has 6 heteroatoms. The number of hydrogen-bond acceptors (Lipinski definition) is 3. The third-order valence-electron chi connectivity index (χ3n) is 4.32. The molecule has 1 heterocycles. The summed E-state index contributed by atoms with van der Waals surface area (Å²) in [6.45, 7) is 1.97. The molecule has 0 aromatic carbocycles. The van der Waals surface area contributed by atoms with Crippen molar-refractivity contribution < 1.29 is 14.7 Å². The minimum absolute atomic E-state index is 0.00818. The van der Waals surface area contributed by atoms with E-state index in [1.54, 1.807) is 0 Å². The van der Waals surface area contributed by atoms with E-state index in [0.717, 1.165) is 45.2 Å². The Balaban J connectivity index is 1.74. The summed E-state index contributed by atoms with van der Waals surface area (Å²) in [7, 11) is 2.06. The molecule has 0 aromatic rings. The van der Waals surface area contributed by atoms with Gasteiger partial charge in [-0.25, -0.2) is 4.79 Å². The van der Waals surface area contributed by atoms with E-state index in [0.29, 0.717) is 6.42 Å². The molecule has 0 spiro atoms. The average molecular weight is 283 g/mol. The Morgan fingerprint density at radius 1 is 1.10 bits per heavy atom. The summed E-state index contributed by atoms with van der Waals surface area (Å²) < 4.78 is 0. The summed E-state index contributed by atoms with van der Waals surface area (Å²) in [6.07, 6.45) is 5.14. The number of hydrogen-bond donors (Lipinski definition) is 3. The van der Waals surface area contributed by atoms with Crippen molar-refractivity contribution in [3.63, 3.8) is 0 Å². The largest absolute Gasteiger partial charge is 0.481 e. The topological polar surface area (TPSA) is 81.7 Å². The van der Waals surface area contributed by atoms with Crippen LogP contribution in [0, 0.1) is 5.92 Å². The molecular weight excluding hydrogens is 258 g/mol. The van der Waals surface area contributed by atoms with Crippen LogP contribution in [0.1, 0.15) is 38.5 Å². The lowest BCUT2D eigenvalue weighted by atomic mass is 9.86. The van der Waals surface area contributed by atoms with Crippen LogP contribution in [0.5, 0.6) is 0 Å². The van der Waals surface area contributed by atoms with Crippen LogP contribution in [0.15, 0.2) is 0 Å². The molecule has 1 aliphatic heterocycles. The third kappa shape index (κ3) is 4.37. The van der Waals surface area contributed by atoms with Gasteiger partial charge in [0.25, 0.3) is 0 Å². The van der Waals surface area contributed by atoms with Crippen molar-refractivity contribution in [2.75, 3.05) is 20.1 Å². The maximum atomic E-state index is 12.0. The monoisotopic (exact) mass is 283 g/mol. The molecule has 114 valence electrons. The molecule has 3 atom stereocenters. The van der Waals surface area contributed by atoms with Gasteiger partial charge in [0, 0.05) is 18.6 Å². The second-order valence-corrected chi connectivity index (χ2v) is 6.12. The first-order valence-electron chi connectivity index (χ1n) is 7.53. The van der Waals surface area contributed by atoms with Crippen LogP contribution in [-0.4, -0.2) is 54.2 Å². The number of carbonyl (C=O) groups is 2. The zero-order valence-electron chi connectivity index (χ0n) is 12.1. The maximum Gasteiger partial charge on any atom is 0.315 e. The molecule has 2 rings (SSSR count). The smallest absolute Gasteiger partial charge is 0.315 e. The number of urea groups is 1. The van der Waals surface area contributed by atoms with E-state index < -0.39 is 5.97 Å². The molecule has 0 radical (unpaired) electrons. The van der Waals surface area contributed by atoms with Gasteiger partial charge in [-0.15, -0.1) is 0 Å². The fourth-order valence-corrected chi connectivity index (χ4v) is 3.24. The molecule has 2 aliphatic rings. The lowest BCUT2D eigenvalue weighted by Crippen LogP contribution is -2.52. The van der Waals surface area contributed by atoms with Crippen LogP contribution in [0.4, 0.5) is 4.79 Å². The van der Waals surface area contributed by atoms with E-state index in [1.165, 1.54) is 0 Å². The van der Waals surface area contributed by atoms with Crippen molar-refractivity contribution in [1.82, 2.24) is 15.5 Å². The van der Waals surface area contributed by atoms with Crippen molar-refractivity contribution in [1.29, 1.82) is 0 Å². The molecule has 6 nitrogen and oxygen atoms in total. The molecule has 1 aliphatic carbocycles. The first-order valence-corrected chi connectivity index (χ1v) is 7.53. The molecule has 3 unspecified atom stereocenters. The van der Waals surface area contributed by atoms with Gasteiger partial charge in [0.1, 0.15) is 0 Å². The maximum absolute atomic E-state index is 12.0. The Hall–Kier alpha value is -1.30. The number of amides is 2. The van der Waals surface area contributed by atoms with Crippen LogP contribution >= 0.6 is 0 Å². The molecule has 0 bridgehead atoms. The SMILES string of the molecule is CN1CCCC(NC(=O)NC2CCCC(C(=O)O)C2)C1. The van der Waals surface area contributed by atoms with E-state index in [9.17, 15) is 9.59 Å². The summed E-state index contributed by atoms with van der Waals surface area (Å²) in [5.74, 6) is -1.05. The summed E-state index contributed by atoms with van der Waals surface area (Å²) in [6, 6.07) is 0.0418. The zero-order chi connectivity index (χ0) is 14.5. The molecule has 1 saturated carbocycles. The second kappa shape index (κ2) is 6.92. The van der Waals surface area contributed by atoms with Gasteiger partial charge < -0.3 is 20.6 Å². The number of likely N-dealkylation sites (N-methyl/N-ethyl adjacent to an activating group) is 1. The number of nitrogens with zero attached hydrogens (tertiary/aromatic N) is 1. The van der Waals surface area contributed by atoms with Gasteiger partial charge in [0.05, 0.1) is 5.92 Å². The van der Waals surface area contributed by atoms with Gasteiger partial charge >= 0.3 is 12.0 Å². The summed E-state index contributed by atoms with van der Waals surface area (Å²) in [5, 5.41) is 15.0. The van der Waals surface area contributed by atoms with Crippen LogP contribution in [0.3, 0.4) is 0 Å². The third-order valence-corrected chi connectivity index (χ3v) is 4.32. The molecule has 3 N–H and O–H groups in total. The number of aliphatic carboxylic acids is 1. The molecule has 1 saturated heterocycles. The second-order valence-electron chi connectivity index (χ2n) is 6.12. The quantitative estimate of drug-likeness (QED) is 0.722. The minimum atomic E-state index is -0.745. The van der Waals surface area contributed by atoms with Crippen molar-refractivity contribution in [2.45, 2.75) is 50.6 Å². The molecular formula is C14H25N3O3. The summed E-state index contributed by atoms with van der Waals surface area (Å²) >= 11 is 0. The van der Waals surface area contributed by atoms with Gasteiger partial charge in [-0.05, 0) is 45.7 Å². The van der Waals surface area contributed by atoms with E-state index >= 15 is 0 Å². The van der Waals surface area contributed by atoms with E-state index in [1.807, 2.05) is 0 Å². The normalized spacial score (nSPS) is 31.6. The molecule has 2 fully saturated rings. The van der Waals surface area contributed by atoms with Crippen molar-refractivity contribution in [3.8, 4) is 0 Å². The molecule has 0 aromatic heterocycles. The highest BCUT2D eigenvalue weighted by Crippen LogP contribution is 2.24. The number of rotatable bonds is 3. The Kier molecular flexibility index (Phi) is 5.23. The van der Waals surface area contributed by atoms with Crippen LogP contribution in [0.25, 0.3) is 0 Å². The van der Waals surface area contributed by atoms with E-state index in [4.69, 9.17) is 5.11 Å². The molecule has 2 amide bonds. The Morgan fingerprint density at radius 3 is 2.50 bits per heavy atom. The number of carbonyl (C=O) groups excluding carboxylic acids is 1. The first kappa shape index (κ1) is 15.1. The summed E-state index contributed by atoms with van der Waals surface area (Å²) in [4.78, 5) is 25.2. The number of likely N-dealkylation sites (tertiary alicyclic amines) is 1. The molecule has 20 heavy (non-hydrogen) atoms. The fourth-order valence-electron chi connectivity index (χ4n) is 3.24.